The van der Waals surface area contributed by atoms with Crippen LogP contribution in [0.25, 0.3) is 11.0 Å². The summed E-state index contributed by atoms with van der Waals surface area (Å²) in [6.45, 7) is 0. The number of para-hydroxylation sites is 2. The molecule has 1 aromatic heterocycles. The molecule has 1 N–H and O–H groups in total. The zero-order valence-electron chi connectivity index (χ0n) is 13.1. The van der Waals surface area contributed by atoms with Crippen LogP contribution in [0.4, 0.5) is 10.1 Å². The van der Waals surface area contributed by atoms with Crippen LogP contribution < -0.4 is 4.90 Å². The van der Waals surface area contributed by atoms with Crippen LogP contribution in [0.3, 0.4) is 0 Å². The lowest BCUT2D eigenvalue weighted by atomic mass is 10.3. The van der Waals surface area contributed by atoms with E-state index in [0.717, 1.165) is 21.8 Å². The van der Waals surface area contributed by atoms with Crippen molar-refractivity contribution >= 4 is 40.3 Å². The monoisotopic (exact) mass is 355 g/mol. The molecule has 1 aliphatic rings. The number of rotatable bonds is 4. The van der Waals surface area contributed by atoms with Gasteiger partial charge < -0.3 is 4.98 Å². The van der Waals surface area contributed by atoms with Crippen molar-refractivity contribution in [1.82, 2.24) is 9.97 Å². The number of aromatic amines is 1. The quantitative estimate of drug-likeness (QED) is 0.730. The van der Waals surface area contributed by atoms with Gasteiger partial charge in [-0.2, -0.15) is 0 Å². The first-order chi connectivity index (χ1) is 12.1. The molecular formula is C18H14FN3O2S. The number of nitrogens with zero attached hydrogens (tertiary/aromatic N) is 2. The Morgan fingerprint density at radius 1 is 1.16 bits per heavy atom. The van der Waals surface area contributed by atoms with Crippen molar-refractivity contribution in [3.05, 3.63) is 60.2 Å². The molecule has 126 valence electrons. The molecule has 0 saturated carbocycles. The summed E-state index contributed by atoms with van der Waals surface area (Å²) in [6, 6.07) is 13.1. The number of anilines is 1. The summed E-state index contributed by atoms with van der Waals surface area (Å²) >= 11 is 1.39. The van der Waals surface area contributed by atoms with Crippen LogP contribution in [0.2, 0.25) is 0 Å². The number of halogens is 1. The summed E-state index contributed by atoms with van der Waals surface area (Å²) in [5.74, 6) is 0.345. The molecule has 0 spiro atoms. The standard InChI is InChI=1S/C18H14FN3O2S/c19-11-5-7-12(8-6-11)22-17(23)9-15(18(22)24)25-10-16-20-13-3-1-2-4-14(13)21-16/h1-8,15H,9-10H2,(H,20,21)/t15-/m0/s1. The van der Waals surface area contributed by atoms with Gasteiger partial charge in [0.25, 0.3) is 0 Å². The smallest absolute Gasteiger partial charge is 0.247 e. The molecule has 3 aromatic rings. The fourth-order valence-electron chi connectivity index (χ4n) is 2.85. The Hall–Kier alpha value is -2.67. The van der Waals surface area contributed by atoms with Gasteiger partial charge >= 0.3 is 0 Å². The number of fused-ring (bicyclic) bond motifs is 1. The lowest BCUT2D eigenvalue weighted by Gasteiger charge is -2.14. The van der Waals surface area contributed by atoms with E-state index in [1.807, 2.05) is 24.3 Å². The second-order valence-corrected chi connectivity index (χ2v) is 6.94. The van der Waals surface area contributed by atoms with Crippen molar-refractivity contribution in [1.29, 1.82) is 0 Å². The van der Waals surface area contributed by atoms with Crippen molar-refractivity contribution < 1.29 is 14.0 Å². The van der Waals surface area contributed by atoms with Gasteiger partial charge in [-0.15, -0.1) is 11.8 Å². The lowest BCUT2D eigenvalue weighted by molar-refractivity contribution is -0.121. The molecule has 1 saturated heterocycles. The number of benzene rings is 2. The number of H-pyrrole nitrogens is 1. The Morgan fingerprint density at radius 2 is 1.92 bits per heavy atom. The second-order valence-electron chi connectivity index (χ2n) is 5.75. The van der Waals surface area contributed by atoms with Gasteiger partial charge in [0.2, 0.25) is 11.8 Å². The maximum absolute atomic E-state index is 13.0. The number of amides is 2. The minimum absolute atomic E-state index is 0.140. The third-order valence-electron chi connectivity index (χ3n) is 4.05. The third-order valence-corrected chi connectivity index (χ3v) is 5.26. The van der Waals surface area contributed by atoms with E-state index in [-0.39, 0.29) is 18.2 Å². The van der Waals surface area contributed by atoms with Crippen LogP contribution in [-0.4, -0.2) is 27.0 Å². The molecule has 4 rings (SSSR count). The fraction of sp³-hybridized carbons (Fsp3) is 0.167. The molecule has 0 unspecified atom stereocenters. The molecule has 2 aromatic carbocycles. The highest BCUT2D eigenvalue weighted by Crippen LogP contribution is 2.31. The molecule has 2 amide bonds. The minimum atomic E-state index is -0.453. The predicted octanol–water partition coefficient (Wildman–Crippen LogP) is 3.27. The van der Waals surface area contributed by atoms with Gasteiger partial charge in [-0.3, -0.25) is 9.59 Å². The van der Waals surface area contributed by atoms with E-state index in [1.165, 1.54) is 36.0 Å². The number of imide groups is 1. The molecule has 0 bridgehead atoms. The van der Waals surface area contributed by atoms with Gasteiger partial charge in [0, 0.05) is 6.42 Å². The highest BCUT2D eigenvalue weighted by atomic mass is 32.2. The zero-order valence-corrected chi connectivity index (χ0v) is 13.9. The number of hydrogen-bond donors (Lipinski definition) is 1. The van der Waals surface area contributed by atoms with Gasteiger partial charge in [0.1, 0.15) is 11.6 Å². The van der Waals surface area contributed by atoms with Gasteiger partial charge in [0.15, 0.2) is 0 Å². The average Bonchev–Trinajstić information content (AvgIpc) is 3.14. The fourth-order valence-corrected chi connectivity index (χ4v) is 3.85. The summed E-state index contributed by atoms with van der Waals surface area (Å²) in [4.78, 5) is 33.6. The molecule has 1 atom stereocenters. The summed E-state index contributed by atoms with van der Waals surface area (Å²) in [7, 11) is 0. The number of carbonyl (C=O) groups excluding carboxylic acids is 2. The van der Waals surface area contributed by atoms with E-state index < -0.39 is 11.1 Å². The van der Waals surface area contributed by atoms with Crippen LogP contribution in [0.5, 0.6) is 0 Å². The molecule has 1 aliphatic heterocycles. The van der Waals surface area contributed by atoms with Crippen molar-refractivity contribution in [2.75, 3.05) is 4.90 Å². The van der Waals surface area contributed by atoms with Gasteiger partial charge in [0.05, 0.1) is 27.7 Å². The molecule has 0 radical (unpaired) electrons. The average molecular weight is 355 g/mol. The first kappa shape index (κ1) is 15.8. The second kappa shape index (κ2) is 6.33. The van der Waals surface area contributed by atoms with E-state index >= 15 is 0 Å². The molecule has 7 heteroatoms. The number of nitrogens with one attached hydrogen (secondary N) is 1. The number of thioether (sulfide) groups is 1. The van der Waals surface area contributed by atoms with Gasteiger partial charge in [-0.25, -0.2) is 14.3 Å². The number of hydrogen-bond acceptors (Lipinski definition) is 4. The first-order valence-corrected chi connectivity index (χ1v) is 8.84. The Morgan fingerprint density at radius 3 is 2.68 bits per heavy atom. The van der Waals surface area contributed by atoms with Gasteiger partial charge in [-0.05, 0) is 36.4 Å². The van der Waals surface area contributed by atoms with Crippen LogP contribution >= 0.6 is 11.8 Å². The molecule has 25 heavy (non-hydrogen) atoms. The van der Waals surface area contributed by atoms with Gasteiger partial charge in [-0.1, -0.05) is 12.1 Å². The van der Waals surface area contributed by atoms with Crippen LogP contribution in [0.15, 0.2) is 48.5 Å². The molecule has 2 heterocycles. The third kappa shape index (κ3) is 3.02. The lowest BCUT2D eigenvalue weighted by Crippen LogP contribution is -2.31. The van der Waals surface area contributed by atoms with E-state index in [2.05, 4.69) is 9.97 Å². The molecule has 0 aliphatic carbocycles. The summed E-state index contributed by atoms with van der Waals surface area (Å²) in [6.07, 6.45) is 0.140. The van der Waals surface area contributed by atoms with Crippen molar-refractivity contribution in [3.63, 3.8) is 0 Å². The molecular weight excluding hydrogens is 341 g/mol. The van der Waals surface area contributed by atoms with E-state index in [9.17, 15) is 14.0 Å². The first-order valence-electron chi connectivity index (χ1n) is 7.79. The maximum Gasteiger partial charge on any atom is 0.247 e. The minimum Gasteiger partial charge on any atom is -0.341 e. The maximum atomic E-state index is 13.0. The Bertz CT molecular complexity index is 921. The normalized spacial score (nSPS) is 17.6. The Labute approximate surface area is 147 Å². The predicted molar refractivity (Wildman–Crippen MR) is 94.7 cm³/mol. The van der Waals surface area contributed by atoms with Crippen LogP contribution in [0, 0.1) is 5.82 Å². The summed E-state index contributed by atoms with van der Waals surface area (Å²) < 4.78 is 13.0. The number of carbonyl (C=O) groups is 2. The molecule has 1 fully saturated rings. The summed E-state index contributed by atoms with van der Waals surface area (Å²) in [5.41, 5.74) is 2.22. The van der Waals surface area contributed by atoms with E-state index in [0.29, 0.717) is 11.4 Å². The SMILES string of the molecule is O=C1C[C@H](SCc2nc3ccccc3[nH]2)C(=O)N1c1ccc(F)cc1. The van der Waals surface area contributed by atoms with E-state index in [4.69, 9.17) is 0 Å². The van der Waals surface area contributed by atoms with Crippen LogP contribution in [0.1, 0.15) is 12.2 Å². The number of aromatic nitrogens is 2. The highest BCUT2D eigenvalue weighted by molar-refractivity contribution is 7.99. The van der Waals surface area contributed by atoms with Crippen molar-refractivity contribution in [2.45, 2.75) is 17.4 Å². The highest BCUT2D eigenvalue weighted by Gasteiger charge is 2.39. The van der Waals surface area contributed by atoms with Crippen molar-refractivity contribution in [2.24, 2.45) is 0 Å². The topological polar surface area (TPSA) is 66.1 Å². The Balaban J connectivity index is 1.47. The Kier molecular flexibility index (Phi) is 4.01. The van der Waals surface area contributed by atoms with Crippen molar-refractivity contribution in [3.8, 4) is 0 Å². The van der Waals surface area contributed by atoms with E-state index in [1.54, 1.807) is 0 Å². The summed E-state index contributed by atoms with van der Waals surface area (Å²) in [5, 5.41) is -0.453. The largest absolute Gasteiger partial charge is 0.341 e. The number of imidazole rings is 1. The van der Waals surface area contributed by atoms with Crippen LogP contribution in [-0.2, 0) is 15.3 Å². The zero-order chi connectivity index (χ0) is 17.4. The molecule has 5 nitrogen and oxygen atoms in total.